The summed E-state index contributed by atoms with van der Waals surface area (Å²) < 4.78 is 11.5. The molecule has 214 valence electrons. The molecule has 3 saturated heterocycles. The van der Waals surface area contributed by atoms with Gasteiger partial charge in [-0.05, 0) is 49.8 Å². The van der Waals surface area contributed by atoms with E-state index in [9.17, 15) is 19.2 Å². The summed E-state index contributed by atoms with van der Waals surface area (Å²) in [6, 6.07) is 10.5. The van der Waals surface area contributed by atoms with Crippen LogP contribution in [-0.2, 0) is 30.3 Å². The van der Waals surface area contributed by atoms with Crippen LogP contribution in [0.25, 0.3) is 0 Å². The summed E-state index contributed by atoms with van der Waals surface area (Å²) in [5.74, 6) is -0.749. The minimum Gasteiger partial charge on any atom is -0.466 e. The average Bonchev–Trinajstić information content (AvgIpc) is 3.61. The fraction of sp³-hybridized carbons (Fsp3) is 0.533. The van der Waals surface area contributed by atoms with Gasteiger partial charge in [0, 0.05) is 49.5 Å². The van der Waals surface area contributed by atoms with Gasteiger partial charge in [0.1, 0.15) is 11.8 Å². The number of amides is 3. The zero-order chi connectivity index (χ0) is 28.3. The molecule has 1 unspecified atom stereocenters. The molecule has 1 aromatic heterocycles. The summed E-state index contributed by atoms with van der Waals surface area (Å²) in [6.07, 6.45) is 2.32. The lowest BCUT2D eigenvalue weighted by atomic mass is 9.94. The van der Waals surface area contributed by atoms with E-state index in [1.807, 2.05) is 47.5 Å². The van der Waals surface area contributed by atoms with E-state index in [0.717, 1.165) is 10.4 Å². The van der Waals surface area contributed by atoms with Crippen LogP contribution < -0.4 is 0 Å². The molecule has 1 aromatic carbocycles. The molecule has 3 amide bonds. The molecule has 3 aliphatic rings. The molecule has 0 N–H and O–H groups in total. The normalized spacial score (nSPS) is 21.1. The van der Waals surface area contributed by atoms with Crippen molar-refractivity contribution in [2.24, 2.45) is 5.92 Å². The summed E-state index contributed by atoms with van der Waals surface area (Å²) in [5.41, 5.74) is 0.421. The minimum atomic E-state index is -0.956. The third-order valence-electron chi connectivity index (χ3n) is 8.37. The number of ether oxygens (including phenoxy) is 2. The highest BCUT2D eigenvalue weighted by molar-refractivity contribution is 7.10. The number of hydrogen-bond acceptors (Lipinski definition) is 7. The van der Waals surface area contributed by atoms with Gasteiger partial charge < -0.3 is 19.3 Å². The summed E-state index contributed by atoms with van der Waals surface area (Å²) in [7, 11) is 0. The van der Waals surface area contributed by atoms with Crippen molar-refractivity contribution in [1.82, 2.24) is 14.7 Å². The van der Waals surface area contributed by atoms with E-state index < -0.39 is 11.8 Å². The van der Waals surface area contributed by atoms with E-state index in [1.54, 1.807) is 34.1 Å². The number of thiophene rings is 1. The quantitative estimate of drug-likeness (QED) is 0.498. The van der Waals surface area contributed by atoms with Gasteiger partial charge in [-0.2, -0.15) is 0 Å². The second kappa shape index (κ2) is 12.1. The number of aryl methyl sites for hydroxylation is 1. The van der Waals surface area contributed by atoms with Crippen molar-refractivity contribution in [3.05, 3.63) is 57.8 Å². The maximum atomic E-state index is 14.1. The molecule has 4 heterocycles. The number of piperidine rings is 2. The molecular weight excluding hydrogens is 530 g/mol. The zero-order valence-electron chi connectivity index (χ0n) is 23.2. The summed E-state index contributed by atoms with van der Waals surface area (Å²) in [6.45, 7) is 5.90. The van der Waals surface area contributed by atoms with E-state index in [0.29, 0.717) is 70.5 Å². The molecule has 0 bridgehead atoms. The van der Waals surface area contributed by atoms with E-state index in [2.05, 4.69) is 0 Å². The summed E-state index contributed by atoms with van der Waals surface area (Å²) in [5, 5.41) is 1.96. The predicted octanol–water partition coefficient (Wildman–Crippen LogP) is 3.26. The summed E-state index contributed by atoms with van der Waals surface area (Å²) >= 11 is 1.57. The maximum absolute atomic E-state index is 14.1. The van der Waals surface area contributed by atoms with Crippen molar-refractivity contribution >= 4 is 35.0 Å². The molecule has 1 spiro atoms. The van der Waals surface area contributed by atoms with Crippen LogP contribution in [0, 0.1) is 12.8 Å². The molecule has 1 atom stereocenters. The average molecular weight is 568 g/mol. The lowest BCUT2D eigenvalue weighted by Crippen LogP contribution is -2.60. The second-order valence-electron chi connectivity index (χ2n) is 10.8. The largest absolute Gasteiger partial charge is 0.466 e. The number of rotatable bonds is 6. The molecule has 9 nitrogen and oxygen atoms in total. The Kier molecular flexibility index (Phi) is 8.56. The van der Waals surface area contributed by atoms with Crippen LogP contribution in [-0.4, -0.2) is 89.6 Å². The monoisotopic (exact) mass is 567 g/mol. The first kappa shape index (κ1) is 28.3. The van der Waals surface area contributed by atoms with E-state index in [-0.39, 0.29) is 36.2 Å². The molecule has 5 rings (SSSR count). The van der Waals surface area contributed by atoms with Gasteiger partial charge in [-0.1, -0.05) is 24.3 Å². The van der Waals surface area contributed by atoms with Gasteiger partial charge >= 0.3 is 5.97 Å². The number of benzene rings is 1. The van der Waals surface area contributed by atoms with Gasteiger partial charge in [0.25, 0.3) is 5.91 Å². The van der Waals surface area contributed by atoms with E-state index in [1.165, 1.54) is 0 Å². The minimum absolute atomic E-state index is 0.0594. The van der Waals surface area contributed by atoms with Gasteiger partial charge in [0.05, 0.1) is 25.6 Å². The zero-order valence-corrected chi connectivity index (χ0v) is 24.0. The first-order valence-corrected chi connectivity index (χ1v) is 15.0. The lowest BCUT2D eigenvalue weighted by Gasteiger charge is -2.45. The molecule has 0 aliphatic carbocycles. The standard InChI is InChI=1S/C30H37N3O6S/c1-3-38-29(37)22-10-14-32(15-11-22)28(36)25-20-39-30(33(25)27(35)24-9-5-4-7-21(24)2)12-16-31(17-13-30)26(34)19-23-8-6-18-40-23/h4-9,18,22,25H,3,10-17,19-20H2,1-2H3. The highest BCUT2D eigenvalue weighted by Gasteiger charge is 2.55. The highest BCUT2D eigenvalue weighted by atomic mass is 32.1. The van der Waals surface area contributed by atoms with Gasteiger partial charge in [-0.25, -0.2) is 0 Å². The third-order valence-corrected chi connectivity index (χ3v) is 9.25. The van der Waals surface area contributed by atoms with Crippen molar-refractivity contribution < 1.29 is 28.7 Å². The SMILES string of the molecule is CCOC(=O)C1CCN(C(=O)C2COC3(CCN(C(=O)Cc4cccs4)CC3)N2C(=O)c2ccccc2C)CC1. The first-order chi connectivity index (χ1) is 19.3. The number of carbonyl (C=O) groups is 4. The number of likely N-dealkylation sites (tertiary alicyclic amines) is 2. The molecule has 3 fully saturated rings. The molecule has 2 aromatic rings. The predicted molar refractivity (Wildman–Crippen MR) is 150 cm³/mol. The van der Waals surface area contributed by atoms with Crippen molar-refractivity contribution in [1.29, 1.82) is 0 Å². The van der Waals surface area contributed by atoms with Gasteiger partial charge in [-0.3, -0.25) is 24.1 Å². The van der Waals surface area contributed by atoms with Crippen molar-refractivity contribution in [2.75, 3.05) is 39.4 Å². The van der Waals surface area contributed by atoms with E-state index in [4.69, 9.17) is 9.47 Å². The van der Waals surface area contributed by atoms with Crippen molar-refractivity contribution in [3.63, 3.8) is 0 Å². The number of hydrogen-bond donors (Lipinski definition) is 0. The summed E-state index contributed by atoms with van der Waals surface area (Å²) in [4.78, 5) is 59.4. The van der Waals surface area contributed by atoms with Crippen LogP contribution in [0.2, 0.25) is 0 Å². The highest BCUT2D eigenvalue weighted by Crippen LogP contribution is 2.40. The maximum Gasteiger partial charge on any atom is 0.309 e. The van der Waals surface area contributed by atoms with E-state index >= 15 is 0 Å². The van der Waals surface area contributed by atoms with Gasteiger partial charge in [0.15, 0.2) is 0 Å². The number of carbonyl (C=O) groups excluding carboxylic acids is 4. The Morgan fingerprint density at radius 3 is 2.38 bits per heavy atom. The third kappa shape index (κ3) is 5.65. The van der Waals surface area contributed by atoms with Crippen LogP contribution >= 0.6 is 11.3 Å². The smallest absolute Gasteiger partial charge is 0.309 e. The first-order valence-electron chi connectivity index (χ1n) is 14.1. The van der Waals surface area contributed by atoms with Crippen molar-refractivity contribution in [2.45, 2.75) is 57.7 Å². The Labute approximate surface area is 239 Å². The van der Waals surface area contributed by atoms with Crippen LogP contribution in [0.5, 0.6) is 0 Å². The van der Waals surface area contributed by atoms with Crippen molar-refractivity contribution in [3.8, 4) is 0 Å². The fourth-order valence-corrected chi connectivity index (χ4v) is 6.78. The molecule has 0 radical (unpaired) electrons. The number of esters is 1. The Morgan fingerprint density at radius 2 is 1.73 bits per heavy atom. The molecule has 3 aliphatic heterocycles. The van der Waals surface area contributed by atoms with Crippen LogP contribution in [0.4, 0.5) is 0 Å². The second-order valence-corrected chi connectivity index (χ2v) is 11.8. The van der Waals surface area contributed by atoms with Gasteiger partial charge in [0.2, 0.25) is 11.8 Å². The Morgan fingerprint density at radius 1 is 1.00 bits per heavy atom. The molecule has 10 heteroatoms. The number of nitrogens with zero attached hydrogens (tertiary/aromatic N) is 3. The Hall–Kier alpha value is -3.24. The molecular formula is C30H37N3O6S. The van der Waals surface area contributed by atoms with Crippen LogP contribution in [0.15, 0.2) is 41.8 Å². The topological polar surface area (TPSA) is 96.5 Å². The fourth-order valence-electron chi connectivity index (χ4n) is 6.08. The molecule has 40 heavy (non-hydrogen) atoms. The van der Waals surface area contributed by atoms with Crippen LogP contribution in [0.1, 0.15) is 53.4 Å². The Bertz CT molecular complexity index is 1230. The van der Waals surface area contributed by atoms with Gasteiger partial charge in [-0.15, -0.1) is 11.3 Å². The molecule has 0 saturated carbocycles. The lowest BCUT2D eigenvalue weighted by molar-refractivity contribution is -0.152. The van der Waals surface area contributed by atoms with Crippen LogP contribution in [0.3, 0.4) is 0 Å². The Balaban J connectivity index is 1.33.